The first kappa shape index (κ1) is 13.7. The summed E-state index contributed by atoms with van der Waals surface area (Å²) in [4.78, 5) is 25.3. The number of aliphatic carboxylic acids is 1. The van der Waals surface area contributed by atoms with E-state index in [1.165, 1.54) is 12.8 Å². The van der Waals surface area contributed by atoms with Crippen LogP contribution in [0, 0.1) is 11.8 Å². The van der Waals surface area contributed by atoms with Gasteiger partial charge in [-0.2, -0.15) is 0 Å². The molecular formula is C15H24N2O3. The Morgan fingerprint density at radius 1 is 1.00 bits per heavy atom. The maximum atomic E-state index is 12.4. The summed E-state index contributed by atoms with van der Waals surface area (Å²) in [6.45, 7) is 0.918. The van der Waals surface area contributed by atoms with E-state index in [0.717, 1.165) is 38.1 Å². The third-order valence-corrected chi connectivity index (χ3v) is 4.80. The van der Waals surface area contributed by atoms with Crippen molar-refractivity contribution in [1.82, 2.24) is 10.2 Å². The molecular weight excluding hydrogens is 256 g/mol. The van der Waals surface area contributed by atoms with Gasteiger partial charge in [-0.3, -0.25) is 4.79 Å². The van der Waals surface area contributed by atoms with E-state index in [0.29, 0.717) is 18.9 Å². The van der Waals surface area contributed by atoms with E-state index in [4.69, 9.17) is 5.11 Å². The molecule has 0 heterocycles. The highest BCUT2D eigenvalue weighted by Gasteiger charge is 2.37. The van der Waals surface area contributed by atoms with Crippen molar-refractivity contribution in [3.63, 3.8) is 0 Å². The second-order valence-electron chi connectivity index (χ2n) is 6.66. The van der Waals surface area contributed by atoms with E-state index in [1.807, 2.05) is 4.90 Å². The Morgan fingerprint density at radius 2 is 1.65 bits per heavy atom. The lowest BCUT2D eigenvalue weighted by Crippen LogP contribution is -2.47. The number of rotatable bonds is 5. The van der Waals surface area contributed by atoms with Gasteiger partial charge in [0, 0.05) is 18.6 Å². The molecule has 0 bridgehead atoms. The number of carboxylic acid groups (broad SMARTS) is 1. The normalized spacial score (nSPS) is 29.8. The molecule has 0 radical (unpaired) electrons. The highest BCUT2D eigenvalue weighted by atomic mass is 16.4. The maximum Gasteiger partial charge on any atom is 0.317 e. The first-order valence-corrected chi connectivity index (χ1v) is 7.93. The van der Waals surface area contributed by atoms with Gasteiger partial charge in [-0.15, -0.1) is 0 Å². The SMILES string of the molecule is O=C(O)C1CCC(NC(=O)N(CC2CC2)C2CC2)CC1. The molecule has 2 N–H and O–H groups in total. The summed E-state index contributed by atoms with van der Waals surface area (Å²) < 4.78 is 0. The number of hydrogen-bond acceptors (Lipinski definition) is 2. The molecule has 0 aromatic carbocycles. The molecule has 0 aromatic rings. The molecule has 5 heteroatoms. The van der Waals surface area contributed by atoms with Crippen molar-refractivity contribution in [2.45, 2.75) is 63.5 Å². The number of nitrogens with one attached hydrogen (secondary N) is 1. The van der Waals surface area contributed by atoms with Crippen LogP contribution in [-0.2, 0) is 4.79 Å². The van der Waals surface area contributed by atoms with Crippen molar-refractivity contribution in [3.05, 3.63) is 0 Å². The Morgan fingerprint density at radius 3 is 2.15 bits per heavy atom. The Kier molecular flexibility index (Phi) is 3.85. The Labute approximate surface area is 119 Å². The minimum atomic E-state index is -0.692. The number of nitrogens with zero attached hydrogens (tertiary/aromatic N) is 1. The van der Waals surface area contributed by atoms with Crippen LogP contribution in [0.3, 0.4) is 0 Å². The predicted octanol–water partition coefficient (Wildman–Crippen LogP) is 2.21. The number of urea groups is 1. The Balaban J connectivity index is 1.46. The van der Waals surface area contributed by atoms with Crippen molar-refractivity contribution in [1.29, 1.82) is 0 Å². The standard InChI is InChI=1S/C15H24N2O3/c18-14(19)11-3-5-12(6-4-11)16-15(20)17(13-7-8-13)9-10-1-2-10/h10-13H,1-9H2,(H,16,20)(H,18,19). The number of carbonyl (C=O) groups is 2. The number of hydrogen-bond donors (Lipinski definition) is 2. The fraction of sp³-hybridized carbons (Fsp3) is 0.867. The van der Waals surface area contributed by atoms with E-state index in [9.17, 15) is 9.59 Å². The highest BCUT2D eigenvalue weighted by Crippen LogP contribution is 2.35. The molecule has 0 unspecified atom stereocenters. The van der Waals surface area contributed by atoms with E-state index in [-0.39, 0.29) is 18.0 Å². The van der Waals surface area contributed by atoms with E-state index in [2.05, 4.69) is 5.32 Å². The third kappa shape index (κ3) is 3.44. The van der Waals surface area contributed by atoms with Crippen molar-refractivity contribution in [3.8, 4) is 0 Å². The zero-order valence-corrected chi connectivity index (χ0v) is 11.9. The second-order valence-corrected chi connectivity index (χ2v) is 6.66. The minimum Gasteiger partial charge on any atom is -0.481 e. The van der Waals surface area contributed by atoms with Gasteiger partial charge in [-0.25, -0.2) is 4.79 Å². The molecule has 2 amide bonds. The lowest BCUT2D eigenvalue weighted by atomic mass is 9.86. The van der Waals surface area contributed by atoms with Gasteiger partial charge < -0.3 is 15.3 Å². The number of carbonyl (C=O) groups excluding carboxylic acids is 1. The molecule has 0 aliphatic heterocycles. The summed E-state index contributed by atoms with van der Waals surface area (Å²) in [6.07, 6.45) is 7.78. The van der Waals surface area contributed by atoms with Crippen molar-refractivity contribution >= 4 is 12.0 Å². The lowest BCUT2D eigenvalue weighted by Gasteiger charge is -2.30. The minimum absolute atomic E-state index is 0.0816. The van der Waals surface area contributed by atoms with E-state index in [1.54, 1.807) is 0 Å². The molecule has 5 nitrogen and oxygen atoms in total. The van der Waals surface area contributed by atoms with Crippen molar-refractivity contribution < 1.29 is 14.7 Å². The predicted molar refractivity (Wildman–Crippen MR) is 74.4 cm³/mol. The zero-order chi connectivity index (χ0) is 14.1. The van der Waals surface area contributed by atoms with Gasteiger partial charge in [0.25, 0.3) is 0 Å². The van der Waals surface area contributed by atoms with Crippen LogP contribution in [0.5, 0.6) is 0 Å². The second kappa shape index (κ2) is 5.62. The van der Waals surface area contributed by atoms with Gasteiger partial charge >= 0.3 is 12.0 Å². The summed E-state index contributed by atoms with van der Waals surface area (Å²) >= 11 is 0. The summed E-state index contributed by atoms with van der Waals surface area (Å²) in [5.74, 6) is -0.179. The number of amides is 2. The molecule has 0 saturated heterocycles. The molecule has 0 aromatic heterocycles. The van der Waals surface area contributed by atoms with Crippen molar-refractivity contribution in [2.24, 2.45) is 11.8 Å². The van der Waals surface area contributed by atoms with Gasteiger partial charge in [0.05, 0.1) is 5.92 Å². The van der Waals surface area contributed by atoms with Crippen LogP contribution in [0.15, 0.2) is 0 Å². The fourth-order valence-electron chi connectivity index (χ4n) is 3.10. The van der Waals surface area contributed by atoms with Crippen LogP contribution in [0.1, 0.15) is 51.4 Å². The molecule has 112 valence electrons. The first-order valence-electron chi connectivity index (χ1n) is 7.93. The molecule has 20 heavy (non-hydrogen) atoms. The Bertz CT molecular complexity index is 383. The van der Waals surface area contributed by atoms with Gasteiger partial charge in [0.2, 0.25) is 0 Å². The van der Waals surface area contributed by atoms with Gasteiger partial charge in [-0.1, -0.05) is 0 Å². The number of carboxylic acids is 1. The molecule has 3 aliphatic rings. The molecule has 0 spiro atoms. The Hall–Kier alpha value is -1.26. The molecule has 3 aliphatic carbocycles. The summed E-state index contributed by atoms with van der Waals surface area (Å²) in [5.41, 5.74) is 0. The summed E-state index contributed by atoms with van der Waals surface area (Å²) in [6, 6.07) is 0.711. The lowest BCUT2D eigenvalue weighted by molar-refractivity contribution is -0.142. The van der Waals surface area contributed by atoms with Crippen LogP contribution in [0.25, 0.3) is 0 Å². The topological polar surface area (TPSA) is 69.6 Å². The van der Waals surface area contributed by atoms with Crippen molar-refractivity contribution in [2.75, 3.05) is 6.54 Å². The third-order valence-electron chi connectivity index (χ3n) is 4.80. The smallest absolute Gasteiger partial charge is 0.317 e. The summed E-state index contributed by atoms with van der Waals surface area (Å²) in [5, 5.41) is 12.1. The van der Waals surface area contributed by atoms with Crippen LogP contribution in [-0.4, -0.2) is 40.6 Å². The highest BCUT2D eigenvalue weighted by molar-refractivity contribution is 5.75. The molecule has 3 rings (SSSR count). The van der Waals surface area contributed by atoms with Crippen LogP contribution in [0.2, 0.25) is 0 Å². The van der Waals surface area contributed by atoms with E-state index < -0.39 is 5.97 Å². The van der Waals surface area contributed by atoms with E-state index >= 15 is 0 Å². The quantitative estimate of drug-likeness (QED) is 0.811. The monoisotopic (exact) mass is 280 g/mol. The van der Waals surface area contributed by atoms with Crippen LogP contribution < -0.4 is 5.32 Å². The first-order chi connectivity index (χ1) is 9.63. The van der Waals surface area contributed by atoms with Gasteiger partial charge in [0.1, 0.15) is 0 Å². The van der Waals surface area contributed by atoms with Gasteiger partial charge in [-0.05, 0) is 57.3 Å². The molecule has 3 fully saturated rings. The summed E-state index contributed by atoms with van der Waals surface area (Å²) in [7, 11) is 0. The maximum absolute atomic E-state index is 12.4. The van der Waals surface area contributed by atoms with Crippen LogP contribution >= 0.6 is 0 Å². The average Bonchev–Trinajstić information content (AvgIpc) is 3.29. The van der Waals surface area contributed by atoms with Gasteiger partial charge in [0.15, 0.2) is 0 Å². The zero-order valence-electron chi connectivity index (χ0n) is 11.9. The molecule has 3 saturated carbocycles. The fourth-order valence-corrected chi connectivity index (χ4v) is 3.10. The van der Waals surface area contributed by atoms with Crippen LogP contribution in [0.4, 0.5) is 4.79 Å². The molecule has 0 atom stereocenters. The average molecular weight is 280 g/mol. The largest absolute Gasteiger partial charge is 0.481 e.